The van der Waals surface area contributed by atoms with Gasteiger partial charge in [0.25, 0.3) is 0 Å². The predicted octanol–water partition coefficient (Wildman–Crippen LogP) is 1.41. The largest absolute Gasteiger partial charge is 0.298 e. The molecule has 1 saturated heterocycles. The van der Waals surface area contributed by atoms with Crippen LogP contribution >= 0.6 is 11.8 Å². The van der Waals surface area contributed by atoms with Gasteiger partial charge in [-0.2, -0.15) is 11.8 Å². The summed E-state index contributed by atoms with van der Waals surface area (Å²) in [6, 6.07) is 0.131. The lowest BCUT2D eigenvalue weighted by molar-refractivity contribution is -0.123. The summed E-state index contributed by atoms with van der Waals surface area (Å²) >= 11 is 1.87. The van der Waals surface area contributed by atoms with Crippen molar-refractivity contribution in [1.82, 2.24) is 4.90 Å². The molecule has 1 fully saturated rings. The molecule has 0 N–H and O–H groups in total. The second-order valence-electron chi connectivity index (χ2n) is 3.60. The van der Waals surface area contributed by atoms with Gasteiger partial charge in [-0.05, 0) is 13.5 Å². The first-order valence-corrected chi connectivity index (χ1v) is 6.15. The number of terminal acetylenes is 1. The molecule has 2 nitrogen and oxygen atoms in total. The summed E-state index contributed by atoms with van der Waals surface area (Å²) in [5, 5.41) is 0. The molecule has 0 radical (unpaired) electrons. The minimum Gasteiger partial charge on any atom is -0.298 e. The van der Waals surface area contributed by atoms with E-state index in [0.29, 0.717) is 12.2 Å². The maximum Gasteiger partial charge on any atom is 0.150 e. The number of rotatable bonds is 4. The molecule has 0 aromatic carbocycles. The molecule has 14 heavy (non-hydrogen) atoms. The quantitative estimate of drug-likeness (QED) is 0.518. The Bertz CT molecular complexity index is 234. The van der Waals surface area contributed by atoms with Crippen molar-refractivity contribution in [3.63, 3.8) is 0 Å². The standard InChI is InChI=1S/C11H17NOS/c1-3-4-5-6-11(13)10-9-14-8-7-12(10)2/h1,10H,4-9H2,2H3. The number of likely N-dealkylation sites (N-methyl/N-ethyl adjacent to an activating group) is 1. The summed E-state index contributed by atoms with van der Waals surface area (Å²) in [5.41, 5.74) is 0. The van der Waals surface area contributed by atoms with Crippen LogP contribution in [0.25, 0.3) is 0 Å². The number of carbonyl (C=O) groups excluding carboxylic acids is 1. The number of carbonyl (C=O) groups is 1. The van der Waals surface area contributed by atoms with Gasteiger partial charge < -0.3 is 0 Å². The Hall–Kier alpha value is -0.460. The van der Waals surface area contributed by atoms with E-state index in [0.717, 1.165) is 30.9 Å². The number of nitrogens with zero attached hydrogens (tertiary/aromatic N) is 1. The van der Waals surface area contributed by atoms with Gasteiger partial charge in [0.05, 0.1) is 6.04 Å². The first-order valence-electron chi connectivity index (χ1n) is 5.00. The van der Waals surface area contributed by atoms with Crippen LogP contribution in [0, 0.1) is 12.3 Å². The van der Waals surface area contributed by atoms with Crippen molar-refractivity contribution in [2.75, 3.05) is 25.1 Å². The van der Waals surface area contributed by atoms with Crippen LogP contribution in [0.15, 0.2) is 0 Å². The Labute approximate surface area is 90.4 Å². The van der Waals surface area contributed by atoms with E-state index in [1.165, 1.54) is 0 Å². The topological polar surface area (TPSA) is 20.3 Å². The summed E-state index contributed by atoms with van der Waals surface area (Å²) in [4.78, 5) is 13.9. The van der Waals surface area contributed by atoms with Crippen molar-refractivity contribution < 1.29 is 4.79 Å². The Morgan fingerprint density at radius 2 is 2.50 bits per heavy atom. The van der Waals surface area contributed by atoms with Crippen molar-refractivity contribution in [2.45, 2.75) is 25.3 Å². The molecule has 0 amide bonds. The Balaban J connectivity index is 2.31. The molecular formula is C11H17NOS. The van der Waals surface area contributed by atoms with Crippen molar-refractivity contribution in [3.8, 4) is 12.3 Å². The van der Waals surface area contributed by atoms with Crippen LogP contribution in [0.3, 0.4) is 0 Å². The van der Waals surface area contributed by atoms with Crippen LogP contribution in [0.5, 0.6) is 0 Å². The zero-order chi connectivity index (χ0) is 10.4. The summed E-state index contributed by atoms with van der Waals surface area (Å²) in [7, 11) is 2.03. The smallest absolute Gasteiger partial charge is 0.150 e. The van der Waals surface area contributed by atoms with Gasteiger partial charge in [0.2, 0.25) is 0 Å². The Morgan fingerprint density at radius 1 is 1.71 bits per heavy atom. The van der Waals surface area contributed by atoms with Crippen molar-refractivity contribution in [3.05, 3.63) is 0 Å². The van der Waals surface area contributed by atoms with E-state index in [9.17, 15) is 4.79 Å². The predicted molar refractivity (Wildman–Crippen MR) is 61.4 cm³/mol. The number of hydrogen-bond acceptors (Lipinski definition) is 3. The number of hydrogen-bond donors (Lipinski definition) is 0. The zero-order valence-electron chi connectivity index (χ0n) is 8.66. The van der Waals surface area contributed by atoms with Gasteiger partial charge in [0.1, 0.15) is 0 Å². The Kier molecular flexibility index (Phi) is 5.06. The molecule has 0 bridgehead atoms. The lowest BCUT2D eigenvalue weighted by Crippen LogP contribution is -2.44. The van der Waals surface area contributed by atoms with Crippen molar-refractivity contribution in [2.24, 2.45) is 0 Å². The molecule has 1 heterocycles. The molecule has 3 heteroatoms. The van der Waals surface area contributed by atoms with Crippen LogP contribution in [0.1, 0.15) is 19.3 Å². The highest BCUT2D eigenvalue weighted by Crippen LogP contribution is 2.17. The van der Waals surface area contributed by atoms with E-state index < -0.39 is 0 Å². The monoisotopic (exact) mass is 211 g/mol. The van der Waals surface area contributed by atoms with Gasteiger partial charge in [-0.3, -0.25) is 9.69 Å². The first kappa shape index (κ1) is 11.6. The average Bonchev–Trinajstić information content (AvgIpc) is 2.18. The van der Waals surface area contributed by atoms with Crippen LogP contribution in [0.4, 0.5) is 0 Å². The maximum atomic E-state index is 11.8. The van der Waals surface area contributed by atoms with Gasteiger partial charge in [-0.25, -0.2) is 0 Å². The molecule has 1 aliphatic rings. The summed E-state index contributed by atoms with van der Waals surface area (Å²) < 4.78 is 0. The molecule has 0 aromatic heterocycles. The molecule has 1 atom stereocenters. The highest BCUT2D eigenvalue weighted by molar-refractivity contribution is 7.99. The number of ketones is 1. The molecule has 1 unspecified atom stereocenters. The van der Waals surface area contributed by atoms with Crippen LogP contribution in [-0.4, -0.2) is 41.8 Å². The van der Waals surface area contributed by atoms with E-state index in [1.807, 2.05) is 18.8 Å². The van der Waals surface area contributed by atoms with E-state index in [4.69, 9.17) is 6.42 Å². The van der Waals surface area contributed by atoms with E-state index in [1.54, 1.807) is 0 Å². The van der Waals surface area contributed by atoms with E-state index >= 15 is 0 Å². The molecular weight excluding hydrogens is 194 g/mol. The lowest BCUT2D eigenvalue weighted by atomic mass is 10.1. The number of thioether (sulfide) groups is 1. The number of Topliss-reactive ketones (excluding diaryl/α,β-unsaturated/α-hetero) is 1. The fourth-order valence-electron chi connectivity index (χ4n) is 1.56. The fraction of sp³-hybridized carbons (Fsp3) is 0.727. The number of unbranched alkanes of at least 4 members (excludes halogenated alkanes) is 1. The first-order chi connectivity index (χ1) is 6.75. The Morgan fingerprint density at radius 3 is 3.14 bits per heavy atom. The van der Waals surface area contributed by atoms with Gasteiger partial charge in [-0.15, -0.1) is 12.3 Å². The van der Waals surface area contributed by atoms with Crippen LogP contribution in [-0.2, 0) is 4.79 Å². The summed E-state index contributed by atoms with van der Waals surface area (Å²) in [6.45, 7) is 1.02. The third-order valence-corrected chi connectivity index (χ3v) is 3.53. The third kappa shape index (κ3) is 3.36. The van der Waals surface area contributed by atoms with Crippen LogP contribution < -0.4 is 0 Å². The molecule has 0 aromatic rings. The fourth-order valence-corrected chi connectivity index (χ4v) is 2.80. The SMILES string of the molecule is C#CCCCC(=O)C1CSCCN1C. The molecule has 1 rings (SSSR count). The van der Waals surface area contributed by atoms with Gasteiger partial charge in [0, 0.05) is 30.9 Å². The molecule has 0 aliphatic carbocycles. The zero-order valence-corrected chi connectivity index (χ0v) is 9.48. The van der Waals surface area contributed by atoms with Gasteiger partial charge in [-0.1, -0.05) is 0 Å². The van der Waals surface area contributed by atoms with E-state index in [2.05, 4.69) is 10.8 Å². The second-order valence-corrected chi connectivity index (χ2v) is 4.75. The molecule has 1 aliphatic heterocycles. The molecule has 0 spiro atoms. The minimum atomic E-state index is 0.131. The van der Waals surface area contributed by atoms with Crippen molar-refractivity contribution in [1.29, 1.82) is 0 Å². The summed E-state index contributed by atoms with van der Waals surface area (Å²) in [6.07, 6.45) is 7.34. The molecule has 0 saturated carbocycles. The summed E-state index contributed by atoms with van der Waals surface area (Å²) in [5.74, 6) is 5.02. The third-order valence-electron chi connectivity index (χ3n) is 2.51. The van der Waals surface area contributed by atoms with Crippen molar-refractivity contribution >= 4 is 17.5 Å². The van der Waals surface area contributed by atoms with E-state index in [-0.39, 0.29) is 6.04 Å². The normalized spacial score (nSPS) is 23.0. The van der Waals surface area contributed by atoms with Gasteiger partial charge in [0.15, 0.2) is 5.78 Å². The average molecular weight is 211 g/mol. The second kappa shape index (κ2) is 6.10. The highest BCUT2D eigenvalue weighted by atomic mass is 32.2. The lowest BCUT2D eigenvalue weighted by Gasteiger charge is -2.30. The van der Waals surface area contributed by atoms with Gasteiger partial charge >= 0.3 is 0 Å². The van der Waals surface area contributed by atoms with Crippen LogP contribution in [0.2, 0.25) is 0 Å². The highest BCUT2D eigenvalue weighted by Gasteiger charge is 2.25. The maximum absolute atomic E-state index is 11.8. The molecule has 78 valence electrons. The minimum absolute atomic E-state index is 0.131.